The molecule has 0 aliphatic carbocycles. The van der Waals surface area contributed by atoms with Gasteiger partial charge in [0.05, 0.1) is 18.7 Å². The zero-order valence-corrected chi connectivity index (χ0v) is 13.5. The third kappa shape index (κ3) is 3.55. The predicted molar refractivity (Wildman–Crippen MR) is 85.8 cm³/mol. The molecule has 1 aliphatic rings. The largest absolute Gasteiger partial charge is 0.380 e. The fraction of sp³-hybridized carbons (Fsp3) is 0.375. The van der Waals surface area contributed by atoms with E-state index in [1.807, 2.05) is 23.1 Å². The molecule has 1 aromatic heterocycles. The van der Waals surface area contributed by atoms with Crippen LogP contribution in [0.25, 0.3) is 11.3 Å². The quantitative estimate of drug-likeness (QED) is 0.904. The highest BCUT2D eigenvalue weighted by atomic mass is 35.5. The maximum atomic E-state index is 11.6. The summed E-state index contributed by atoms with van der Waals surface area (Å²) < 4.78 is 10.7. The average molecular weight is 336 g/mol. The van der Waals surface area contributed by atoms with E-state index in [4.69, 9.17) is 26.6 Å². The number of carbonyl (C=O) groups is 1. The Morgan fingerprint density at radius 3 is 2.87 bits per heavy atom. The van der Waals surface area contributed by atoms with Crippen molar-refractivity contribution in [3.05, 3.63) is 41.1 Å². The number of nitrogens with two attached hydrogens (primary N) is 1. The summed E-state index contributed by atoms with van der Waals surface area (Å²) in [7, 11) is 1.64. The number of ether oxygens (including phenoxy) is 1. The van der Waals surface area contributed by atoms with Gasteiger partial charge in [0.15, 0.2) is 5.76 Å². The number of likely N-dealkylation sites (tertiary alicyclic amines) is 1. The van der Waals surface area contributed by atoms with Crippen LogP contribution in [0.15, 0.2) is 34.9 Å². The Balaban J connectivity index is 1.73. The monoisotopic (exact) mass is 335 g/mol. The molecule has 0 bridgehead atoms. The number of methoxy groups -OCH3 is 1. The maximum Gasteiger partial charge on any atom is 0.234 e. The molecule has 1 aliphatic heterocycles. The van der Waals surface area contributed by atoms with Crippen molar-refractivity contribution in [2.75, 3.05) is 13.7 Å². The fourth-order valence-electron chi connectivity index (χ4n) is 2.85. The molecule has 2 N–H and O–H groups in total. The van der Waals surface area contributed by atoms with Crippen LogP contribution in [0.3, 0.4) is 0 Å². The van der Waals surface area contributed by atoms with Gasteiger partial charge in [0.25, 0.3) is 0 Å². The van der Waals surface area contributed by atoms with Gasteiger partial charge in [0.2, 0.25) is 5.91 Å². The zero-order chi connectivity index (χ0) is 16.4. The van der Waals surface area contributed by atoms with Crippen molar-refractivity contribution in [2.24, 2.45) is 5.73 Å². The number of aromatic nitrogens is 1. The van der Waals surface area contributed by atoms with Gasteiger partial charge in [-0.15, -0.1) is 0 Å². The van der Waals surface area contributed by atoms with E-state index in [-0.39, 0.29) is 18.1 Å². The van der Waals surface area contributed by atoms with Gasteiger partial charge in [-0.3, -0.25) is 9.69 Å². The molecule has 2 atom stereocenters. The first kappa shape index (κ1) is 16.0. The molecular weight excluding hydrogens is 318 g/mol. The summed E-state index contributed by atoms with van der Waals surface area (Å²) in [5, 5.41) is 4.75. The SMILES string of the molecule is CO[C@H]1C[C@@H](C(N)=O)N(Cc2cc(-c3ccc(Cl)cc3)no2)C1. The summed E-state index contributed by atoms with van der Waals surface area (Å²) in [6, 6.07) is 8.89. The Labute approximate surface area is 139 Å². The van der Waals surface area contributed by atoms with Crippen LogP contribution in [0.1, 0.15) is 12.2 Å². The first-order valence-electron chi connectivity index (χ1n) is 7.34. The summed E-state index contributed by atoms with van der Waals surface area (Å²) in [6.45, 7) is 1.11. The summed E-state index contributed by atoms with van der Waals surface area (Å²) in [4.78, 5) is 13.5. The number of benzene rings is 1. The summed E-state index contributed by atoms with van der Waals surface area (Å²) in [5.74, 6) is 0.333. The third-order valence-electron chi connectivity index (χ3n) is 4.08. The van der Waals surface area contributed by atoms with Crippen LogP contribution < -0.4 is 5.73 Å². The summed E-state index contributed by atoms with van der Waals surface area (Å²) in [5.41, 5.74) is 7.13. The molecule has 1 amide bonds. The van der Waals surface area contributed by atoms with Crippen molar-refractivity contribution in [2.45, 2.75) is 25.1 Å². The second-order valence-electron chi connectivity index (χ2n) is 5.63. The van der Waals surface area contributed by atoms with Gasteiger partial charge in [0.1, 0.15) is 5.69 Å². The number of primary amides is 1. The van der Waals surface area contributed by atoms with E-state index in [1.165, 1.54) is 0 Å². The highest BCUT2D eigenvalue weighted by molar-refractivity contribution is 6.30. The molecule has 2 aromatic rings. The standard InChI is InChI=1S/C16H18ClN3O3/c1-22-12-7-15(16(18)21)20(8-12)9-13-6-14(19-23-13)10-2-4-11(17)5-3-10/h2-6,12,15H,7-9H2,1H3,(H2,18,21)/t12-,15-/m0/s1. The van der Waals surface area contributed by atoms with Crippen molar-refractivity contribution in [3.8, 4) is 11.3 Å². The molecule has 0 unspecified atom stereocenters. The highest BCUT2D eigenvalue weighted by Crippen LogP contribution is 2.25. The number of hydrogen-bond donors (Lipinski definition) is 1. The fourth-order valence-corrected chi connectivity index (χ4v) is 2.97. The average Bonchev–Trinajstić information content (AvgIpc) is 3.15. The maximum absolute atomic E-state index is 11.6. The second-order valence-corrected chi connectivity index (χ2v) is 6.06. The van der Waals surface area contributed by atoms with Crippen molar-refractivity contribution >= 4 is 17.5 Å². The van der Waals surface area contributed by atoms with Crippen LogP contribution in [0.4, 0.5) is 0 Å². The van der Waals surface area contributed by atoms with Crippen molar-refractivity contribution < 1.29 is 14.1 Å². The van der Waals surface area contributed by atoms with Gasteiger partial charge < -0.3 is 15.0 Å². The molecule has 7 heteroatoms. The Hall–Kier alpha value is -1.89. The number of amides is 1. The van der Waals surface area contributed by atoms with Gasteiger partial charge in [0, 0.05) is 30.3 Å². The van der Waals surface area contributed by atoms with Gasteiger partial charge in [-0.2, -0.15) is 0 Å². The van der Waals surface area contributed by atoms with E-state index in [1.54, 1.807) is 19.2 Å². The number of nitrogens with zero attached hydrogens (tertiary/aromatic N) is 2. The van der Waals surface area contributed by atoms with E-state index in [9.17, 15) is 4.79 Å². The highest BCUT2D eigenvalue weighted by Gasteiger charge is 2.36. The molecule has 6 nitrogen and oxygen atoms in total. The third-order valence-corrected chi connectivity index (χ3v) is 4.34. The van der Waals surface area contributed by atoms with Crippen LogP contribution in [0, 0.1) is 0 Å². The molecule has 0 radical (unpaired) electrons. The van der Waals surface area contributed by atoms with Crippen molar-refractivity contribution in [3.63, 3.8) is 0 Å². The predicted octanol–water partition coefficient (Wildman–Crippen LogP) is 2.07. The Morgan fingerprint density at radius 1 is 1.48 bits per heavy atom. The molecule has 3 rings (SSSR count). The number of halogens is 1. The first-order valence-corrected chi connectivity index (χ1v) is 7.72. The van der Waals surface area contributed by atoms with E-state index in [0.717, 1.165) is 11.3 Å². The molecule has 1 saturated heterocycles. The smallest absolute Gasteiger partial charge is 0.234 e. The normalized spacial score (nSPS) is 21.7. The molecular formula is C16H18ClN3O3. The lowest BCUT2D eigenvalue weighted by Gasteiger charge is -2.19. The topological polar surface area (TPSA) is 81.6 Å². The number of rotatable bonds is 5. The lowest BCUT2D eigenvalue weighted by molar-refractivity contribution is -0.122. The minimum absolute atomic E-state index is 0.00570. The molecule has 0 saturated carbocycles. The van der Waals surface area contributed by atoms with E-state index in [0.29, 0.717) is 30.3 Å². The number of hydrogen-bond acceptors (Lipinski definition) is 5. The molecule has 23 heavy (non-hydrogen) atoms. The van der Waals surface area contributed by atoms with Gasteiger partial charge >= 0.3 is 0 Å². The minimum Gasteiger partial charge on any atom is -0.380 e. The Bertz CT molecular complexity index is 686. The van der Waals surface area contributed by atoms with Crippen LogP contribution in [-0.4, -0.2) is 41.8 Å². The molecule has 2 heterocycles. The van der Waals surface area contributed by atoms with Crippen molar-refractivity contribution in [1.82, 2.24) is 10.1 Å². The van der Waals surface area contributed by atoms with Crippen molar-refractivity contribution in [1.29, 1.82) is 0 Å². The Kier molecular flexibility index (Phi) is 4.66. The van der Waals surface area contributed by atoms with Crippen LogP contribution in [0.5, 0.6) is 0 Å². The molecule has 1 fully saturated rings. The lowest BCUT2D eigenvalue weighted by atomic mass is 10.1. The zero-order valence-electron chi connectivity index (χ0n) is 12.7. The van der Waals surface area contributed by atoms with E-state index in [2.05, 4.69) is 5.16 Å². The van der Waals surface area contributed by atoms with Gasteiger partial charge in [-0.05, 0) is 18.6 Å². The molecule has 1 aromatic carbocycles. The van der Waals surface area contributed by atoms with E-state index < -0.39 is 0 Å². The van der Waals surface area contributed by atoms with Gasteiger partial charge in [-0.1, -0.05) is 28.9 Å². The van der Waals surface area contributed by atoms with Crippen LogP contribution in [0.2, 0.25) is 5.02 Å². The first-order chi connectivity index (χ1) is 11.1. The van der Waals surface area contributed by atoms with E-state index >= 15 is 0 Å². The van der Waals surface area contributed by atoms with Crippen LogP contribution in [-0.2, 0) is 16.1 Å². The Morgan fingerprint density at radius 2 is 2.22 bits per heavy atom. The van der Waals surface area contributed by atoms with Gasteiger partial charge in [-0.25, -0.2) is 0 Å². The van der Waals surface area contributed by atoms with Crippen LogP contribution >= 0.6 is 11.6 Å². The lowest BCUT2D eigenvalue weighted by Crippen LogP contribution is -2.39. The molecule has 122 valence electrons. The second kappa shape index (κ2) is 6.70. The summed E-state index contributed by atoms with van der Waals surface area (Å²) >= 11 is 5.88. The number of carbonyl (C=O) groups excluding carboxylic acids is 1. The summed E-state index contributed by atoms with van der Waals surface area (Å²) in [6.07, 6.45) is 0.607. The molecule has 0 spiro atoms. The minimum atomic E-state index is -0.345.